The van der Waals surface area contributed by atoms with Gasteiger partial charge in [-0.1, -0.05) is 110 Å². The molecule has 8 radical (unpaired) electrons. The molecule has 24 heavy (non-hydrogen) atoms. The minimum Gasteiger partial charge on any atom is -0.0920 e. The molecule has 0 spiro atoms. The van der Waals surface area contributed by atoms with Crippen molar-refractivity contribution in [1.29, 1.82) is 0 Å². The normalized spacial score (nSPS) is 4.83. The molecule has 0 aliphatic heterocycles. The van der Waals surface area contributed by atoms with Crippen molar-refractivity contribution in [2.24, 2.45) is 0 Å². The maximum absolute atomic E-state index is 2.21. The number of hydrogen-bond donors (Lipinski definition) is 0. The molecule has 0 atom stereocenters. The van der Waals surface area contributed by atoms with Crippen molar-refractivity contribution in [1.82, 2.24) is 0 Å². The monoisotopic (exact) mass is 640 g/mol. The van der Waals surface area contributed by atoms with E-state index in [-0.39, 0.29) is 175 Å². The second kappa shape index (κ2) is 91.4. The molecule has 0 aromatic rings. The van der Waals surface area contributed by atoms with E-state index in [1.807, 2.05) is 0 Å². The summed E-state index contributed by atoms with van der Waals surface area (Å²) in [6, 6.07) is 0. The molecule has 0 aromatic heterocycles. The van der Waals surface area contributed by atoms with Crippen molar-refractivity contribution >= 4 is 29.1 Å². The average Bonchev–Trinajstić information content (AvgIpc) is 2.21. The van der Waals surface area contributed by atoms with Gasteiger partial charge < -0.3 is 0 Å². The van der Waals surface area contributed by atoms with Crippen LogP contribution in [0.5, 0.6) is 0 Å². The third-order valence-electron chi connectivity index (χ3n) is 1.97. The fourth-order valence-electron chi connectivity index (χ4n) is 1.05. The van der Waals surface area contributed by atoms with Crippen LogP contribution in [0.2, 0.25) is 52.6 Å². The molecule has 0 nitrogen and oxygen atoms in total. The molecule has 0 unspecified atom stereocenters. The van der Waals surface area contributed by atoms with Gasteiger partial charge in [0.1, 0.15) is 29.1 Å². The zero-order chi connectivity index (χ0) is 11.1. The molecule has 0 saturated carbocycles. The number of rotatable bonds is 8. The Hall–Kier alpha value is 4.68. The molecular formula is C16H48B4Y4. The standard InChI is InChI=1S/2C5H12B2.6CH4.4Y/c2*1-6-4-3-5-7-2;;;;;;;;;;/h2*3-5H2,1-2H3;6*1H4;;;;. The van der Waals surface area contributed by atoms with Gasteiger partial charge in [-0.25, -0.2) is 0 Å². The van der Waals surface area contributed by atoms with Crippen LogP contribution in [-0.4, -0.2) is 29.1 Å². The maximum Gasteiger partial charge on any atom is 0.105 e. The molecule has 0 rings (SSSR count). The van der Waals surface area contributed by atoms with Crippen molar-refractivity contribution in [2.75, 3.05) is 0 Å². The molecule has 0 heterocycles. The van der Waals surface area contributed by atoms with Gasteiger partial charge in [0.15, 0.2) is 0 Å². The third-order valence-corrected chi connectivity index (χ3v) is 1.97. The Labute approximate surface area is 265 Å². The molecule has 0 N–H and O–H groups in total. The Morgan fingerprint density at radius 3 is 0.583 bits per heavy atom. The largest absolute Gasteiger partial charge is 0.105 e. The summed E-state index contributed by atoms with van der Waals surface area (Å²) in [5, 5.41) is 0. The smallest absolute Gasteiger partial charge is 0.0920 e. The van der Waals surface area contributed by atoms with E-state index in [0.29, 0.717) is 0 Å². The van der Waals surface area contributed by atoms with E-state index in [1.165, 1.54) is 38.1 Å². The van der Waals surface area contributed by atoms with Crippen LogP contribution in [0.4, 0.5) is 0 Å². The second-order valence-electron chi connectivity index (χ2n) is 3.49. The molecular weight excluding hydrogens is 591 g/mol. The molecule has 0 bridgehead atoms. The minimum atomic E-state index is 0. The van der Waals surface area contributed by atoms with Crippen LogP contribution in [-0.2, 0) is 131 Å². The molecule has 0 aliphatic carbocycles. The van der Waals surface area contributed by atoms with Crippen LogP contribution >= 0.6 is 0 Å². The predicted molar refractivity (Wildman–Crippen MR) is 115 cm³/mol. The van der Waals surface area contributed by atoms with Crippen LogP contribution in [0, 0.1) is 0 Å². The predicted octanol–water partition coefficient (Wildman–Crippen LogP) is 7.24. The summed E-state index contributed by atoms with van der Waals surface area (Å²) in [5.74, 6) is 0. The van der Waals surface area contributed by atoms with Crippen molar-refractivity contribution in [3.63, 3.8) is 0 Å². The Balaban J connectivity index is -0.00000000847. The molecule has 136 valence electrons. The van der Waals surface area contributed by atoms with E-state index in [2.05, 4.69) is 56.4 Å². The molecule has 0 aliphatic rings. The summed E-state index contributed by atoms with van der Waals surface area (Å²) < 4.78 is 0. The average molecular weight is 639 g/mol. The molecule has 0 fully saturated rings. The van der Waals surface area contributed by atoms with E-state index in [9.17, 15) is 0 Å². The van der Waals surface area contributed by atoms with E-state index < -0.39 is 0 Å². The quantitative estimate of drug-likeness (QED) is 0.194. The summed E-state index contributed by atoms with van der Waals surface area (Å²) in [6.45, 7) is 8.43. The van der Waals surface area contributed by atoms with Crippen molar-refractivity contribution in [2.45, 2.75) is 110 Å². The summed E-state index contributed by atoms with van der Waals surface area (Å²) in [5.41, 5.74) is 0. The van der Waals surface area contributed by atoms with E-state index in [4.69, 9.17) is 0 Å². The Morgan fingerprint density at radius 1 is 0.375 bits per heavy atom. The molecule has 0 aromatic carbocycles. The summed E-state index contributed by atoms with van der Waals surface area (Å²) in [6.07, 6.45) is 7.73. The van der Waals surface area contributed by atoms with Crippen molar-refractivity contribution in [3.8, 4) is 0 Å². The second-order valence-corrected chi connectivity index (χ2v) is 3.49. The maximum atomic E-state index is 2.21. The topological polar surface area (TPSA) is 0 Å². The van der Waals surface area contributed by atoms with E-state index in [0.717, 1.165) is 0 Å². The zero-order valence-electron chi connectivity index (χ0n) is 12.9. The summed E-state index contributed by atoms with van der Waals surface area (Å²) in [7, 11) is 8.85. The number of hydrogen-bond acceptors (Lipinski definition) is 0. The zero-order valence-corrected chi connectivity index (χ0v) is 24.2. The van der Waals surface area contributed by atoms with Gasteiger partial charge in [0.2, 0.25) is 0 Å². The Kier molecular flexibility index (Phi) is 301. The van der Waals surface area contributed by atoms with Crippen LogP contribution in [0.1, 0.15) is 57.4 Å². The molecule has 0 saturated heterocycles. The van der Waals surface area contributed by atoms with Gasteiger partial charge in [-0.2, -0.15) is 0 Å². The van der Waals surface area contributed by atoms with Gasteiger partial charge in [-0.15, -0.1) is 0 Å². The van der Waals surface area contributed by atoms with Crippen LogP contribution in [0.15, 0.2) is 0 Å². The summed E-state index contributed by atoms with van der Waals surface area (Å²) in [4.78, 5) is 0. The van der Waals surface area contributed by atoms with Gasteiger partial charge in [-0.05, 0) is 0 Å². The third kappa shape index (κ3) is 109. The van der Waals surface area contributed by atoms with Crippen molar-refractivity contribution in [3.05, 3.63) is 0 Å². The minimum absolute atomic E-state index is 0. The van der Waals surface area contributed by atoms with Crippen LogP contribution in [0.3, 0.4) is 0 Å². The first-order valence-corrected chi connectivity index (χ1v) is 5.94. The van der Waals surface area contributed by atoms with Crippen LogP contribution in [0.25, 0.3) is 0 Å². The van der Waals surface area contributed by atoms with E-state index in [1.54, 1.807) is 0 Å². The van der Waals surface area contributed by atoms with Gasteiger partial charge in [0.05, 0.1) is 0 Å². The fourth-order valence-corrected chi connectivity index (χ4v) is 1.05. The molecule has 0 amide bonds. The Morgan fingerprint density at radius 2 is 0.500 bits per heavy atom. The first-order valence-electron chi connectivity index (χ1n) is 5.94. The fraction of sp³-hybridized carbons (Fsp3) is 1.00. The van der Waals surface area contributed by atoms with Gasteiger partial charge in [0.25, 0.3) is 0 Å². The molecule has 8 heteroatoms. The van der Waals surface area contributed by atoms with E-state index >= 15 is 0 Å². The van der Waals surface area contributed by atoms with Gasteiger partial charge in [0, 0.05) is 131 Å². The van der Waals surface area contributed by atoms with Gasteiger partial charge >= 0.3 is 0 Å². The van der Waals surface area contributed by atoms with Crippen LogP contribution < -0.4 is 0 Å². The van der Waals surface area contributed by atoms with Gasteiger partial charge in [-0.3, -0.25) is 0 Å². The first-order chi connectivity index (χ1) is 6.83. The SMILES string of the molecule is C.C.C.C.C.C.C[B]CCC[B]C.C[B]CCC[B]C.[Y].[Y].[Y].[Y]. The summed E-state index contributed by atoms with van der Waals surface area (Å²) >= 11 is 0. The first kappa shape index (κ1) is 79.0. The van der Waals surface area contributed by atoms with Crippen molar-refractivity contribution < 1.29 is 131 Å². The Bertz CT molecular complexity index is 78.5.